The monoisotopic (exact) mass is 214 g/mol. The molecule has 0 aromatic rings. The van der Waals surface area contributed by atoms with Crippen molar-refractivity contribution in [2.45, 2.75) is 18.9 Å². The standard InChI is InChI=1S/C10H18N2O3/c1-11-8(10(14)15)9(13)7-3-5-12(2)6-4-7/h7-8,11H,3-6H2,1-2H3,(H,14,15). The van der Waals surface area contributed by atoms with Crippen LogP contribution in [0.4, 0.5) is 0 Å². The zero-order chi connectivity index (χ0) is 11.4. The van der Waals surface area contributed by atoms with Gasteiger partial charge >= 0.3 is 5.97 Å². The number of hydrogen-bond donors (Lipinski definition) is 2. The van der Waals surface area contributed by atoms with Crippen molar-refractivity contribution in [2.24, 2.45) is 5.92 Å². The summed E-state index contributed by atoms with van der Waals surface area (Å²) in [5, 5.41) is 11.4. The lowest BCUT2D eigenvalue weighted by atomic mass is 9.89. The van der Waals surface area contributed by atoms with Gasteiger partial charge in [-0.25, -0.2) is 0 Å². The third kappa shape index (κ3) is 3.00. The summed E-state index contributed by atoms with van der Waals surface area (Å²) in [6.07, 6.45) is 1.53. The van der Waals surface area contributed by atoms with Gasteiger partial charge in [-0.15, -0.1) is 0 Å². The maximum Gasteiger partial charge on any atom is 0.328 e. The van der Waals surface area contributed by atoms with Crippen molar-refractivity contribution in [1.29, 1.82) is 0 Å². The number of Topliss-reactive ketones (excluding diaryl/α,β-unsaturated/α-hetero) is 1. The van der Waals surface area contributed by atoms with Crippen LogP contribution in [0.15, 0.2) is 0 Å². The van der Waals surface area contributed by atoms with Crippen LogP contribution in [0.3, 0.4) is 0 Å². The number of carboxylic acid groups (broad SMARTS) is 1. The van der Waals surface area contributed by atoms with E-state index in [2.05, 4.69) is 10.2 Å². The van der Waals surface area contributed by atoms with E-state index in [9.17, 15) is 9.59 Å². The minimum absolute atomic E-state index is 0.102. The molecule has 1 rings (SSSR count). The molecule has 1 aliphatic rings. The Bertz CT molecular complexity index is 247. The lowest BCUT2D eigenvalue weighted by molar-refractivity contribution is -0.144. The molecule has 5 nitrogen and oxygen atoms in total. The molecule has 1 aliphatic heterocycles. The Hall–Kier alpha value is -0.940. The van der Waals surface area contributed by atoms with Gasteiger partial charge in [0.15, 0.2) is 11.8 Å². The van der Waals surface area contributed by atoms with E-state index in [1.54, 1.807) is 0 Å². The van der Waals surface area contributed by atoms with Crippen molar-refractivity contribution in [3.05, 3.63) is 0 Å². The van der Waals surface area contributed by atoms with Crippen molar-refractivity contribution in [2.75, 3.05) is 27.2 Å². The molecular weight excluding hydrogens is 196 g/mol. The molecule has 1 saturated heterocycles. The van der Waals surface area contributed by atoms with Crippen LogP contribution in [0, 0.1) is 5.92 Å². The van der Waals surface area contributed by atoms with Crippen molar-refractivity contribution < 1.29 is 14.7 Å². The van der Waals surface area contributed by atoms with E-state index < -0.39 is 12.0 Å². The highest BCUT2D eigenvalue weighted by atomic mass is 16.4. The first kappa shape index (κ1) is 12.1. The van der Waals surface area contributed by atoms with E-state index in [1.807, 2.05) is 7.05 Å². The molecule has 2 N–H and O–H groups in total. The molecular formula is C10H18N2O3. The quantitative estimate of drug-likeness (QED) is 0.621. The molecule has 5 heteroatoms. The number of aliphatic carboxylic acids is 1. The molecule has 1 unspecified atom stereocenters. The molecule has 0 saturated carbocycles. The van der Waals surface area contributed by atoms with Gasteiger partial charge in [-0.3, -0.25) is 9.59 Å². The molecule has 15 heavy (non-hydrogen) atoms. The smallest absolute Gasteiger partial charge is 0.328 e. The molecule has 0 amide bonds. The molecule has 1 heterocycles. The summed E-state index contributed by atoms with van der Waals surface area (Å²) in [7, 11) is 3.51. The van der Waals surface area contributed by atoms with Crippen LogP contribution in [0.5, 0.6) is 0 Å². The highest BCUT2D eigenvalue weighted by Crippen LogP contribution is 2.18. The van der Waals surface area contributed by atoms with Gasteiger partial charge in [0.1, 0.15) is 0 Å². The Kier molecular flexibility index (Phi) is 4.23. The number of piperidine rings is 1. The average Bonchev–Trinajstić information content (AvgIpc) is 2.19. The fourth-order valence-electron chi connectivity index (χ4n) is 1.92. The van der Waals surface area contributed by atoms with Crippen LogP contribution < -0.4 is 5.32 Å². The second-order valence-corrected chi connectivity index (χ2v) is 4.04. The maximum absolute atomic E-state index is 11.8. The summed E-state index contributed by atoms with van der Waals surface area (Å²) in [4.78, 5) is 24.8. The minimum Gasteiger partial charge on any atom is -0.480 e. The summed E-state index contributed by atoms with van der Waals surface area (Å²) in [5.41, 5.74) is 0. The number of hydrogen-bond acceptors (Lipinski definition) is 4. The maximum atomic E-state index is 11.8. The van der Waals surface area contributed by atoms with Gasteiger partial charge in [0, 0.05) is 5.92 Å². The minimum atomic E-state index is -1.08. The first-order chi connectivity index (χ1) is 7.06. The Balaban J connectivity index is 2.55. The van der Waals surface area contributed by atoms with Gasteiger partial charge < -0.3 is 15.3 Å². The number of likely N-dealkylation sites (tertiary alicyclic amines) is 1. The van der Waals surface area contributed by atoms with Gasteiger partial charge in [-0.1, -0.05) is 0 Å². The number of carbonyl (C=O) groups excluding carboxylic acids is 1. The molecule has 0 bridgehead atoms. The molecule has 1 atom stereocenters. The van der Waals surface area contributed by atoms with Crippen LogP contribution >= 0.6 is 0 Å². The number of likely N-dealkylation sites (N-methyl/N-ethyl adjacent to an activating group) is 1. The van der Waals surface area contributed by atoms with Crippen LogP contribution in [0.25, 0.3) is 0 Å². The number of carbonyl (C=O) groups is 2. The fourth-order valence-corrected chi connectivity index (χ4v) is 1.92. The predicted molar refractivity (Wildman–Crippen MR) is 55.7 cm³/mol. The molecule has 0 aromatic carbocycles. The summed E-state index contributed by atoms with van der Waals surface area (Å²) < 4.78 is 0. The Morgan fingerprint density at radius 2 is 1.93 bits per heavy atom. The van der Waals surface area contributed by atoms with Gasteiger partial charge in [0.05, 0.1) is 0 Å². The van der Waals surface area contributed by atoms with Gasteiger partial charge in [0.2, 0.25) is 0 Å². The van der Waals surface area contributed by atoms with Crippen molar-refractivity contribution >= 4 is 11.8 Å². The SMILES string of the molecule is CNC(C(=O)O)C(=O)C1CCN(C)CC1. The third-order valence-corrected chi connectivity index (χ3v) is 2.94. The summed E-state index contributed by atoms with van der Waals surface area (Å²) in [5.74, 6) is -1.37. The summed E-state index contributed by atoms with van der Waals surface area (Å²) >= 11 is 0. The molecule has 0 aliphatic carbocycles. The van der Waals surface area contributed by atoms with Gasteiger partial charge in [-0.2, -0.15) is 0 Å². The van der Waals surface area contributed by atoms with Crippen molar-refractivity contribution in [3.63, 3.8) is 0 Å². The van der Waals surface area contributed by atoms with Crippen molar-refractivity contribution in [3.8, 4) is 0 Å². The number of nitrogens with one attached hydrogen (secondary N) is 1. The Labute approximate surface area is 89.4 Å². The molecule has 0 spiro atoms. The second kappa shape index (κ2) is 5.23. The number of ketones is 1. The third-order valence-electron chi connectivity index (χ3n) is 2.94. The zero-order valence-electron chi connectivity index (χ0n) is 9.19. The Morgan fingerprint density at radius 3 is 2.33 bits per heavy atom. The molecule has 1 fully saturated rings. The van der Waals surface area contributed by atoms with E-state index in [0.29, 0.717) is 0 Å². The lowest BCUT2D eigenvalue weighted by Crippen LogP contribution is -2.46. The first-order valence-corrected chi connectivity index (χ1v) is 5.18. The number of carboxylic acids is 1. The summed E-state index contributed by atoms with van der Waals surface area (Å²) in [6.45, 7) is 1.74. The predicted octanol–water partition coefficient (Wildman–Crippen LogP) is -0.430. The van der Waals surface area contributed by atoms with E-state index in [0.717, 1.165) is 25.9 Å². The highest BCUT2D eigenvalue weighted by molar-refractivity contribution is 6.03. The van der Waals surface area contributed by atoms with Gasteiger partial charge in [0.25, 0.3) is 0 Å². The lowest BCUT2D eigenvalue weighted by Gasteiger charge is -2.29. The van der Waals surface area contributed by atoms with Crippen LogP contribution in [0.1, 0.15) is 12.8 Å². The van der Waals surface area contributed by atoms with Crippen LogP contribution in [-0.2, 0) is 9.59 Å². The highest BCUT2D eigenvalue weighted by Gasteiger charge is 2.32. The van der Waals surface area contributed by atoms with E-state index in [4.69, 9.17) is 5.11 Å². The molecule has 0 aromatic heterocycles. The topological polar surface area (TPSA) is 69.6 Å². The number of nitrogens with zero attached hydrogens (tertiary/aromatic N) is 1. The zero-order valence-corrected chi connectivity index (χ0v) is 9.19. The average molecular weight is 214 g/mol. The fraction of sp³-hybridized carbons (Fsp3) is 0.800. The number of rotatable bonds is 4. The summed E-state index contributed by atoms with van der Waals surface area (Å²) in [6, 6.07) is -1.04. The van der Waals surface area contributed by atoms with E-state index in [-0.39, 0.29) is 11.7 Å². The first-order valence-electron chi connectivity index (χ1n) is 5.18. The van der Waals surface area contributed by atoms with Gasteiger partial charge in [-0.05, 0) is 40.0 Å². The van der Waals surface area contributed by atoms with Crippen molar-refractivity contribution in [1.82, 2.24) is 10.2 Å². The van der Waals surface area contributed by atoms with Crippen LogP contribution in [0.2, 0.25) is 0 Å². The normalized spacial score (nSPS) is 21.2. The van der Waals surface area contributed by atoms with E-state index in [1.165, 1.54) is 7.05 Å². The Morgan fingerprint density at radius 1 is 1.40 bits per heavy atom. The second-order valence-electron chi connectivity index (χ2n) is 4.04. The molecule has 86 valence electrons. The van der Waals surface area contributed by atoms with E-state index >= 15 is 0 Å². The molecule has 0 radical (unpaired) electrons. The van der Waals surface area contributed by atoms with Crippen LogP contribution in [-0.4, -0.2) is 55.0 Å². The largest absolute Gasteiger partial charge is 0.480 e.